The molecule has 0 spiro atoms. The van der Waals surface area contributed by atoms with Gasteiger partial charge in [-0.2, -0.15) is 0 Å². The van der Waals surface area contributed by atoms with Crippen LogP contribution in [0, 0.1) is 18.6 Å². The molecule has 29 heavy (non-hydrogen) atoms. The Hall–Kier alpha value is -3.39. The predicted molar refractivity (Wildman–Crippen MR) is 110 cm³/mol. The summed E-state index contributed by atoms with van der Waals surface area (Å²) in [6.45, 7) is 3.06. The van der Waals surface area contributed by atoms with Crippen LogP contribution in [0.2, 0.25) is 0 Å². The smallest absolute Gasteiger partial charge is 0.248 e. The lowest BCUT2D eigenvalue weighted by Crippen LogP contribution is -2.23. The summed E-state index contributed by atoms with van der Waals surface area (Å²) in [7, 11) is 0. The van der Waals surface area contributed by atoms with E-state index in [1.807, 2.05) is 0 Å². The fraction of sp³-hybridized carbons (Fsp3) is 0.0952. The van der Waals surface area contributed by atoms with Crippen molar-refractivity contribution >= 4 is 45.7 Å². The minimum atomic E-state index is -0.547. The minimum Gasteiger partial charge on any atom is -0.320 e. The average molecular weight is 413 g/mol. The highest BCUT2D eigenvalue weighted by Crippen LogP contribution is 2.31. The van der Waals surface area contributed by atoms with Crippen LogP contribution in [-0.4, -0.2) is 16.8 Å². The third-order valence-corrected chi connectivity index (χ3v) is 4.74. The molecule has 0 aliphatic rings. The second-order valence-electron chi connectivity index (χ2n) is 6.17. The average Bonchev–Trinajstić information content (AvgIpc) is 3.12. The number of rotatable bonds is 5. The predicted octanol–water partition coefficient (Wildman–Crippen LogP) is 5.07. The van der Waals surface area contributed by atoms with Crippen LogP contribution >= 0.6 is 11.3 Å². The van der Waals surface area contributed by atoms with Gasteiger partial charge in [0.2, 0.25) is 11.8 Å². The van der Waals surface area contributed by atoms with Gasteiger partial charge in [0.1, 0.15) is 11.6 Å². The Morgan fingerprint density at radius 1 is 1.14 bits per heavy atom. The lowest BCUT2D eigenvalue weighted by atomic mass is 10.2. The van der Waals surface area contributed by atoms with Crippen LogP contribution in [0.5, 0.6) is 0 Å². The number of nitrogens with one attached hydrogen (secondary N) is 1. The molecule has 0 atom stereocenters. The van der Waals surface area contributed by atoms with Gasteiger partial charge in [-0.15, -0.1) is 11.3 Å². The maximum absolute atomic E-state index is 14.1. The van der Waals surface area contributed by atoms with E-state index in [2.05, 4.69) is 10.3 Å². The quantitative estimate of drug-likeness (QED) is 0.595. The Kier molecular flexibility index (Phi) is 6.13. The first-order valence-electron chi connectivity index (χ1n) is 8.61. The maximum atomic E-state index is 14.1. The molecular formula is C21H17F2N3O2S. The second-order valence-corrected chi connectivity index (χ2v) is 7.00. The number of thiazole rings is 1. The molecule has 3 rings (SSSR count). The zero-order valence-corrected chi connectivity index (χ0v) is 16.5. The zero-order chi connectivity index (χ0) is 21.0. The van der Waals surface area contributed by atoms with Crippen molar-refractivity contribution in [2.45, 2.75) is 13.8 Å². The minimum absolute atomic E-state index is 0.0755. The van der Waals surface area contributed by atoms with E-state index in [1.54, 1.807) is 24.4 Å². The summed E-state index contributed by atoms with van der Waals surface area (Å²) in [5, 5.41) is 4.35. The molecule has 0 saturated carbocycles. The van der Waals surface area contributed by atoms with Crippen molar-refractivity contribution < 1.29 is 18.4 Å². The number of amides is 2. The SMILES string of the molecule is CC(=O)N(c1nc(/C=C/C(=O)Nc2ccc(C)cc2F)cs1)c1ccccc1F. The molecule has 0 saturated heterocycles. The number of carbonyl (C=O) groups is 2. The topological polar surface area (TPSA) is 62.3 Å². The van der Waals surface area contributed by atoms with E-state index in [0.29, 0.717) is 5.69 Å². The van der Waals surface area contributed by atoms with E-state index in [9.17, 15) is 18.4 Å². The number of hydrogen-bond acceptors (Lipinski definition) is 4. The third-order valence-electron chi connectivity index (χ3n) is 3.90. The Bertz CT molecular complexity index is 1100. The molecule has 0 bridgehead atoms. The van der Waals surface area contributed by atoms with Gasteiger partial charge in [0.05, 0.1) is 17.1 Å². The maximum Gasteiger partial charge on any atom is 0.248 e. The van der Waals surface area contributed by atoms with Crippen LogP contribution in [0.4, 0.5) is 25.3 Å². The van der Waals surface area contributed by atoms with Gasteiger partial charge in [0.15, 0.2) is 5.13 Å². The number of benzene rings is 2. The number of carbonyl (C=O) groups excluding carboxylic acids is 2. The molecule has 1 N–H and O–H groups in total. The number of aryl methyl sites for hydroxylation is 1. The van der Waals surface area contributed by atoms with Crippen LogP contribution < -0.4 is 10.2 Å². The summed E-state index contributed by atoms with van der Waals surface area (Å²) in [5.74, 6) is -1.99. The first kappa shape index (κ1) is 20.3. The van der Waals surface area contributed by atoms with Crippen LogP contribution in [0.3, 0.4) is 0 Å². The van der Waals surface area contributed by atoms with E-state index in [0.717, 1.165) is 16.9 Å². The first-order chi connectivity index (χ1) is 13.8. The molecule has 2 aromatic carbocycles. The van der Waals surface area contributed by atoms with E-state index >= 15 is 0 Å². The summed E-state index contributed by atoms with van der Waals surface area (Å²) >= 11 is 1.13. The number of para-hydroxylation sites is 1. The van der Waals surface area contributed by atoms with Crippen molar-refractivity contribution in [3.63, 3.8) is 0 Å². The molecule has 0 fully saturated rings. The second kappa shape index (κ2) is 8.74. The number of anilines is 3. The molecule has 1 aromatic heterocycles. The van der Waals surface area contributed by atoms with Crippen LogP contribution in [0.15, 0.2) is 53.9 Å². The van der Waals surface area contributed by atoms with Crippen molar-refractivity contribution in [3.8, 4) is 0 Å². The van der Waals surface area contributed by atoms with Gasteiger partial charge in [0, 0.05) is 18.4 Å². The van der Waals surface area contributed by atoms with Crippen molar-refractivity contribution in [2.24, 2.45) is 0 Å². The Morgan fingerprint density at radius 2 is 1.90 bits per heavy atom. The van der Waals surface area contributed by atoms with Gasteiger partial charge in [-0.1, -0.05) is 18.2 Å². The molecule has 5 nitrogen and oxygen atoms in total. The molecule has 8 heteroatoms. The lowest BCUT2D eigenvalue weighted by molar-refractivity contribution is -0.116. The standard InChI is InChI=1S/C21H17F2N3O2S/c1-13-7-9-18(17(23)11-13)25-20(28)10-8-15-12-29-21(24-15)26(14(2)27)19-6-4-3-5-16(19)22/h3-12H,1-2H3,(H,25,28)/b10-8+. The van der Waals surface area contributed by atoms with Crippen molar-refractivity contribution in [1.29, 1.82) is 0 Å². The van der Waals surface area contributed by atoms with Gasteiger partial charge in [0.25, 0.3) is 0 Å². The number of hydrogen-bond donors (Lipinski definition) is 1. The molecular weight excluding hydrogens is 396 g/mol. The molecule has 148 valence electrons. The van der Waals surface area contributed by atoms with Crippen LogP contribution in [0.1, 0.15) is 18.2 Å². The molecule has 3 aromatic rings. The fourth-order valence-corrected chi connectivity index (χ4v) is 3.40. The highest BCUT2D eigenvalue weighted by molar-refractivity contribution is 7.14. The summed E-state index contributed by atoms with van der Waals surface area (Å²) in [4.78, 5) is 29.5. The number of nitrogens with zero attached hydrogens (tertiary/aromatic N) is 2. The van der Waals surface area contributed by atoms with Crippen LogP contribution in [0.25, 0.3) is 6.08 Å². The highest BCUT2D eigenvalue weighted by atomic mass is 32.1. The van der Waals surface area contributed by atoms with E-state index < -0.39 is 23.4 Å². The third kappa shape index (κ3) is 4.91. The fourth-order valence-electron chi connectivity index (χ4n) is 2.55. The lowest BCUT2D eigenvalue weighted by Gasteiger charge is -2.18. The van der Waals surface area contributed by atoms with Gasteiger partial charge in [-0.25, -0.2) is 13.8 Å². The summed E-state index contributed by atoms with van der Waals surface area (Å²) in [6, 6.07) is 10.4. The van der Waals surface area contributed by atoms with Crippen molar-refractivity contribution in [1.82, 2.24) is 4.98 Å². The normalized spacial score (nSPS) is 10.9. The van der Waals surface area contributed by atoms with Gasteiger partial charge >= 0.3 is 0 Å². The zero-order valence-electron chi connectivity index (χ0n) is 15.6. The molecule has 0 aliphatic heterocycles. The van der Waals surface area contributed by atoms with E-state index in [1.165, 1.54) is 54.3 Å². The highest BCUT2D eigenvalue weighted by Gasteiger charge is 2.20. The van der Waals surface area contributed by atoms with Gasteiger partial charge in [-0.05, 0) is 42.8 Å². The summed E-state index contributed by atoms with van der Waals surface area (Å²) in [6.07, 6.45) is 2.64. The molecule has 0 aliphatic carbocycles. The van der Waals surface area contributed by atoms with E-state index in [-0.39, 0.29) is 16.5 Å². The van der Waals surface area contributed by atoms with Crippen LogP contribution in [-0.2, 0) is 9.59 Å². The van der Waals surface area contributed by atoms with Gasteiger partial charge < -0.3 is 5.32 Å². The van der Waals surface area contributed by atoms with Crippen molar-refractivity contribution in [2.75, 3.05) is 10.2 Å². The molecule has 0 unspecified atom stereocenters. The number of aromatic nitrogens is 1. The summed E-state index contributed by atoms with van der Waals surface area (Å²) in [5.41, 5.74) is 1.33. The molecule has 0 radical (unpaired) electrons. The first-order valence-corrected chi connectivity index (χ1v) is 9.49. The Balaban J connectivity index is 1.76. The summed E-state index contributed by atoms with van der Waals surface area (Å²) < 4.78 is 27.9. The molecule has 2 amide bonds. The Morgan fingerprint density at radius 3 is 2.59 bits per heavy atom. The Labute approximate surface area is 170 Å². The van der Waals surface area contributed by atoms with Crippen molar-refractivity contribution in [3.05, 3.63) is 76.8 Å². The van der Waals surface area contributed by atoms with Gasteiger partial charge in [-0.3, -0.25) is 14.5 Å². The number of halogens is 2. The van der Waals surface area contributed by atoms with E-state index in [4.69, 9.17) is 0 Å². The largest absolute Gasteiger partial charge is 0.320 e. The molecule has 1 heterocycles. The monoisotopic (exact) mass is 413 g/mol.